The van der Waals surface area contributed by atoms with Crippen LogP contribution in [0.4, 0.5) is 0 Å². The molecule has 32 heavy (non-hydrogen) atoms. The number of piperidine rings is 2. The number of hydrogen-bond donors (Lipinski definition) is 0. The van der Waals surface area contributed by atoms with Crippen LogP contribution in [0.15, 0.2) is 42.6 Å². The van der Waals surface area contributed by atoms with Gasteiger partial charge >= 0.3 is 0 Å². The van der Waals surface area contributed by atoms with Crippen molar-refractivity contribution < 1.29 is 14.3 Å². The third-order valence-corrected chi connectivity index (χ3v) is 6.62. The van der Waals surface area contributed by atoms with E-state index in [1.807, 2.05) is 55.1 Å². The Morgan fingerprint density at radius 1 is 1.09 bits per heavy atom. The summed E-state index contributed by atoms with van der Waals surface area (Å²) in [7, 11) is 0. The molecule has 0 N–H and O–H groups in total. The molecule has 3 atom stereocenters. The van der Waals surface area contributed by atoms with Crippen LogP contribution < -0.4 is 9.47 Å². The molecule has 1 saturated carbocycles. The van der Waals surface area contributed by atoms with Gasteiger partial charge in [-0.05, 0) is 69.2 Å². The first-order valence-electron chi connectivity index (χ1n) is 11.4. The van der Waals surface area contributed by atoms with Crippen molar-refractivity contribution in [2.45, 2.75) is 39.2 Å². The first-order chi connectivity index (χ1) is 15.6. The van der Waals surface area contributed by atoms with Crippen LogP contribution in [-0.2, 0) is 0 Å². The number of ether oxygens (including phenoxy) is 2. The minimum Gasteiger partial charge on any atom is -0.491 e. The molecule has 2 bridgehead atoms. The second kappa shape index (κ2) is 8.73. The monoisotopic (exact) mass is 432 g/mol. The van der Waals surface area contributed by atoms with Crippen molar-refractivity contribution in [2.75, 3.05) is 19.8 Å². The number of benzene rings is 1. The highest BCUT2D eigenvalue weighted by molar-refractivity contribution is 5.95. The molecule has 3 aromatic rings. The number of aryl methyl sites for hydroxylation is 1. The highest BCUT2D eigenvalue weighted by Crippen LogP contribution is 2.40. The number of aromatic nitrogens is 3. The average Bonchev–Trinajstić information content (AvgIpc) is 2.83. The van der Waals surface area contributed by atoms with E-state index in [0.717, 1.165) is 42.5 Å². The second-order valence-electron chi connectivity index (χ2n) is 8.68. The summed E-state index contributed by atoms with van der Waals surface area (Å²) in [6.07, 6.45) is 4.77. The molecule has 1 amide bonds. The molecule has 2 aliphatic heterocycles. The van der Waals surface area contributed by atoms with Crippen LogP contribution in [-0.4, -0.2) is 51.6 Å². The van der Waals surface area contributed by atoms with Crippen molar-refractivity contribution >= 4 is 16.9 Å². The topological polar surface area (TPSA) is 77.4 Å². The Morgan fingerprint density at radius 2 is 1.94 bits per heavy atom. The molecule has 1 aromatic carbocycles. The predicted molar refractivity (Wildman–Crippen MR) is 121 cm³/mol. The SMILES string of the molecule is CCOc1ccc(C)nc1C(=O)N1CC2CCC1CC2COc1cnc2ccccc2n1. The standard InChI is InChI=1S/C25H28N4O3/c1-3-31-22-11-8-16(2)27-24(22)25(30)29-14-17-9-10-19(29)12-18(17)15-32-23-13-26-20-6-4-5-7-21(20)28-23/h4-8,11,13,17-19H,3,9-10,12,14-15H2,1-2H3. The molecule has 3 unspecified atom stereocenters. The van der Waals surface area contributed by atoms with Gasteiger partial charge in [-0.2, -0.15) is 0 Å². The molecule has 166 valence electrons. The van der Waals surface area contributed by atoms with Gasteiger partial charge in [-0.3, -0.25) is 4.79 Å². The lowest BCUT2D eigenvalue weighted by Gasteiger charge is -2.49. The third-order valence-electron chi connectivity index (χ3n) is 6.62. The molecule has 7 nitrogen and oxygen atoms in total. The Balaban J connectivity index is 1.26. The number of hydrogen-bond acceptors (Lipinski definition) is 6. The van der Waals surface area contributed by atoms with Gasteiger partial charge in [-0.25, -0.2) is 15.0 Å². The number of carbonyl (C=O) groups excluding carboxylic acids is 1. The van der Waals surface area contributed by atoms with Gasteiger partial charge in [0.1, 0.15) is 0 Å². The van der Waals surface area contributed by atoms with Crippen molar-refractivity contribution in [1.82, 2.24) is 19.9 Å². The van der Waals surface area contributed by atoms with Gasteiger partial charge in [-0.1, -0.05) is 12.1 Å². The number of rotatable bonds is 6. The molecular formula is C25H28N4O3. The fourth-order valence-corrected chi connectivity index (χ4v) is 4.99. The van der Waals surface area contributed by atoms with Crippen molar-refractivity contribution in [2.24, 2.45) is 11.8 Å². The van der Waals surface area contributed by atoms with Gasteiger partial charge in [0, 0.05) is 18.3 Å². The highest BCUT2D eigenvalue weighted by Gasteiger charge is 2.43. The van der Waals surface area contributed by atoms with E-state index in [1.54, 1.807) is 6.20 Å². The first-order valence-corrected chi connectivity index (χ1v) is 11.4. The molecule has 2 saturated heterocycles. The largest absolute Gasteiger partial charge is 0.491 e. The zero-order valence-electron chi connectivity index (χ0n) is 18.5. The van der Waals surface area contributed by atoms with Crippen molar-refractivity contribution in [3.63, 3.8) is 0 Å². The maximum absolute atomic E-state index is 13.4. The van der Waals surface area contributed by atoms with Gasteiger partial charge < -0.3 is 14.4 Å². The van der Waals surface area contributed by atoms with Crippen LogP contribution in [0.25, 0.3) is 11.0 Å². The Bertz CT molecular complexity index is 1140. The Hall–Kier alpha value is -3.22. The molecule has 0 spiro atoms. The zero-order chi connectivity index (χ0) is 22.1. The molecule has 6 rings (SSSR count). The molecule has 2 aromatic heterocycles. The predicted octanol–water partition coefficient (Wildman–Crippen LogP) is 4.05. The minimum atomic E-state index is -0.0217. The maximum atomic E-state index is 13.4. The maximum Gasteiger partial charge on any atom is 0.276 e. The summed E-state index contributed by atoms with van der Waals surface area (Å²) in [6, 6.07) is 11.7. The summed E-state index contributed by atoms with van der Waals surface area (Å²) in [4.78, 5) is 28.9. The number of nitrogens with zero attached hydrogens (tertiary/aromatic N) is 4. The third kappa shape index (κ3) is 3.99. The summed E-state index contributed by atoms with van der Waals surface area (Å²) >= 11 is 0. The van der Waals surface area contributed by atoms with Crippen LogP contribution in [0, 0.1) is 18.8 Å². The van der Waals surface area contributed by atoms with E-state index < -0.39 is 0 Å². The number of carbonyl (C=O) groups is 1. The lowest BCUT2D eigenvalue weighted by Crippen LogP contribution is -2.55. The van der Waals surface area contributed by atoms with E-state index in [0.29, 0.717) is 42.4 Å². The molecule has 1 aliphatic carbocycles. The molecular weight excluding hydrogens is 404 g/mol. The van der Waals surface area contributed by atoms with E-state index in [4.69, 9.17) is 9.47 Å². The summed E-state index contributed by atoms with van der Waals surface area (Å²) in [5.74, 6) is 1.93. The van der Waals surface area contributed by atoms with E-state index in [1.165, 1.54) is 0 Å². The number of fused-ring (bicyclic) bond motifs is 4. The van der Waals surface area contributed by atoms with Crippen molar-refractivity contribution in [1.29, 1.82) is 0 Å². The minimum absolute atomic E-state index is 0.0217. The molecule has 3 fully saturated rings. The normalized spacial score (nSPS) is 22.2. The quantitative estimate of drug-likeness (QED) is 0.585. The second-order valence-corrected chi connectivity index (χ2v) is 8.68. The highest BCUT2D eigenvalue weighted by atomic mass is 16.5. The van der Waals surface area contributed by atoms with E-state index in [9.17, 15) is 4.79 Å². The molecule has 7 heteroatoms. The zero-order valence-corrected chi connectivity index (χ0v) is 18.5. The fraction of sp³-hybridized carbons (Fsp3) is 0.440. The van der Waals surface area contributed by atoms with Gasteiger partial charge in [0.05, 0.1) is 30.4 Å². The van der Waals surface area contributed by atoms with Gasteiger partial charge in [-0.15, -0.1) is 0 Å². The van der Waals surface area contributed by atoms with Crippen LogP contribution in [0.2, 0.25) is 0 Å². The molecule has 0 radical (unpaired) electrons. The van der Waals surface area contributed by atoms with E-state index in [2.05, 4.69) is 15.0 Å². The first kappa shape index (κ1) is 20.7. The average molecular weight is 433 g/mol. The molecule has 4 heterocycles. The van der Waals surface area contributed by atoms with E-state index >= 15 is 0 Å². The lowest BCUT2D eigenvalue weighted by atomic mass is 9.72. The van der Waals surface area contributed by atoms with Gasteiger partial charge in [0.15, 0.2) is 11.4 Å². The Labute approximate surface area is 187 Å². The number of amides is 1. The van der Waals surface area contributed by atoms with Crippen LogP contribution >= 0.6 is 0 Å². The summed E-state index contributed by atoms with van der Waals surface area (Å²) in [5.41, 5.74) is 2.95. The van der Waals surface area contributed by atoms with Crippen molar-refractivity contribution in [3.8, 4) is 11.6 Å². The summed E-state index contributed by atoms with van der Waals surface area (Å²) in [5, 5.41) is 0. The van der Waals surface area contributed by atoms with Crippen LogP contribution in [0.1, 0.15) is 42.4 Å². The lowest BCUT2D eigenvalue weighted by molar-refractivity contribution is -0.00527. The Kier molecular flexibility index (Phi) is 5.64. The molecule has 3 aliphatic rings. The Morgan fingerprint density at radius 3 is 2.72 bits per heavy atom. The van der Waals surface area contributed by atoms with Crippen LogP contribution in [0.3, 0.4) is 0 Å². The number of pyridine rings is 1. The van der Waals surface area contributed by atoms with Gasteiger partial charge in [0.2, 0.25) is 5.88 Å². The summed E-state index contributed by atoms with van der Waals surface area (Å²) in [6.45, 7) is 5.67. The van der Waals surface area contributed by atoms with Crippen molar-refractivity contribution in [3.05, 3.63) is 54.0 Å². The van der Waals surface area contributed by atoms with Gasteiger partial charge in [0.25, 0.3) is 5.91 Å². The van der Waals surface area contributed by atoms with Crippen LogP contribution in [0.5, 0.6) is 11.6 Å². The summed E-state index contributed by atoms with van der Waals surface area (Å²) < 4.78 is 11.7. The fourth-order valence-electron chi connectivity index (χ4n) is 4.99. The number of para-hydroxylation sites is 2. The van der Waals surface area contributed by atoms with E-state index in [-0.39, 0.29) is 11.9 Å². The smallest absolute Gasteiger partial charge is 0.276 e.